The third kappa shape index (κ3) is 6.88. The number of fused-ring (bicyclic) bond motifs is 1. The van der Waals surface area contributed by atoms with E-state index < -0.39 is 56.0 Å². The highest BCUT2D eigenvalue weighted by atomic mass is 35.5. The number of esters is 1. The molecule has 1 saturated heterocycles. The van der Waals surface area contributed by atoms with Crippen molar-refractivity contribution in [2.24, 2.45) is 0 Å². The lowest BCUT2D eigenvalue weighted by Crippen LogP contribution is -2.40. The summed E-state index contributed by atoms with van der Waals surface area (Å²) in [4.78, 5) is 24.6. The van der Waals surface area contributed by atoms with Gasteiger partial charge in [-0.25, -0.2) is 13.9 Å². The summed E-state index contributed by atoms with van der Waals surface area (Å²) in [6.45, 7) is 6.06. The molecule has 17 heteroatoms. The fraction of sp³-hybridized carbons (Fsp3) is 0.500. The zero-order valence-electron chi connectivity index (χ0n) is 22.6. The van der Waals surface area contributed by atoms with E-state index >= 15 is 4.39 Å². The number of aliphatic hydroxyl groups is 1. The number of aliphatic hydroxyl groups excluding tert-OH is 1. The van der Waals surface area contributed by atoms with E-state index in [1.807, 2.05) is 0 Å². The standard InChI is InChI=1S/C24H31ClFN6O8P/c1-5-36-20-17-19(29-23(27)30-20)32(12-28-17)22-24(25,26)18(33)16(39-22)11-37-41(35,40-15-9-7-6-8-10-15)31-14(4)21(34)38-13(2)3/h6-10,12-14,16,18,22,33H,5,11H2,1-4H3,(H,31,35)(H2,27,29,30)/t14-,16+,18+,22+,24-,41?/m0/s1. The second-order valence-electron chi connectivity index (χ2n) is 9.32. The minimum atomic E-state index is -4.34. The van der Waals surface area contributed by atoms with Gasteiger partial charge in [-0.05, 0) is 39.8 Å². The van der Waals surface area contributed by atoms with E-state index in [-0.39, 0.29) is 35.3 Å². The molecule has 0 saturated carbocycles. The molecule has 0 spiro atoms. The number of nitrogens with two attached hydrogens (primary N) is 1. The summed E-state index contributed by atoms with van der Waals surface area (Å²) in [5, 5.41) is 10.4. The summed E-state index contributed by atoms with van der Waals surface area (Å²) in [7, 11) is -4.34. The number of hydrogen-bond acceptors (Lipinski definition) is 12. The van der Waals surface area contributed by atoms with Gasteiger partial charge in [0.15, 0.2) is 17.4 Å². The summed E-state index contributed by atoms with van der Waals surface area (Å²) in [6.07, 6.45) is -4.31. The molecule has 0 bridgehead atoms. The number of nitrogens with zero attached hydrogens (tertiary/aromatic N) is 4. The van der Waals surface area contributed by atoms with E-state index in [0.717, 1.165) is 4.57 Å². The van der Waals surface area contributed by atoms with Gasteiger partial charge in [-0.15, -0.1) is 0 Å². The van der Waals surface area contributed by atoms with Crippen LogP contribution in [0.4, 0.5) is 10.3 Å². The number of carbonyl (C=O) groups excluding carboxylic acids is 1. The zero-order chi connectivity index (χ0) is 29.9. The maximum Gasteiger partial charge on any atom is 0.459 e. The molecule has 14 nitrogen and oxygen atoms in total. The first-order valence-electron chi connectivity index (χ1n) is 12.7. The monoisotopic (exact) mass is 616 g/mol. The van der Waals surface area contributed by atoms with Crippen molar-refractivity contribution < 1.29 is 42.1 Å². The predicted molar refractivity (Wildman–Crippen MR) is 145 cm³/mol. The van der Waals surface area contributed by atoms with Crippen LogP contribution in [0.5, 0.6) is 11.6 Å². The van der Waals surface area contributed by atoms with Crippen LogP contribution in [0, 0.1) is 0 Å². The van der Waals surface area contributed by atoms with Crippen LogP contribution in [-0.4, -0.2) is 73.3 Å². The molecule has 6 atom stereocenters. The molecular weight excluding hydrogens is 586 g/mol. The van der Waals surface area contributed by atoms with Gasteiger partial charge in [0.05, 0.1) is 25.6 Å². The molecule has 4 rings (SSSR count). The number of hydrogen-bond donors (Lipinski definition) is 3. The van der Waals surface area contributed by atoms with E-state index in [1.165, 1.54) is 25.4 Å². The van der Waals surface area contributed by atoms with Crippen molar-refractivity contribution in [2.75, 3.05) is 18.9 Å². The average Bonchev–Trinajstić information content (AvgIpc) is 3.41. The molecule has 0 amide bonds. The molecule has 0 radical (unpaired) electrons. The summed E-state index contributed by atoms with van der Waals surface area (Å²) < 4.78 is 58.1. The van der Waals surface area contributed by atoms with Crippen LogP contribution in [0.3, 0.4) is 0 Å². The Bertz CT molecular complexity index is 1410. The normalized spacial score (nSPS) is 24.7. The van der Waals surface area contributed by atoms with Crippen LogP contribution in [0.1, 0.15) is 33.9 Å². The average molecular weight is 617 g/mol. The molecular formula is C24H31ClFN6O8P. The van der Waals surface area contributed by atoms with Gasteiger partial charge in [0.25, 0.3) is 5.13 Å². The maximum atomic E-state index is 15.8. The molecule has 1 aliphatic heterocycles. The van der Waals surface area contributed by atoms with Crippen LogP contribution in [-0.2, 0) is 23.4 Å². The highest BCUT2D eigenvalue weighted by molar-refractivity contribution is 7.52. The highest BCUT2D eigenvalue weighted by Crippen LogP contribution is 2.49. The van der Waals surface area contributed by atoms with Crippen molar-refractivity contribution in [3.63, 3.8) is 0 Å². The van der Waals surface area contributed by atoms with Gasteiger partial charge >= 0.3 is 13.7 Å². The number of nitrogens with one attached hydrogen (secondary N) is 1. The fourth-order valence-corrected chi connectivity index (χ4v) is 5.73. The smallest absolute Gasteiger partial charge is 0.459 e. The Morgan fingerprint density at radius 3 is 2.68 bits per heavy atom. The lowest BCUT2D eigenvalue weighted by atomic mass is 10.1. The van der Waals surface area contributed by atoms with E-state index in [0.29, 0.717) is 0 Å². The third-order valence-corrected chi connectivity index (χ3v) is 7.81. The first-order chi connectivity index (χ1) is 19.3. The first-order valence-corrected chi connectivity index (χ1v) is 14.6. The molecule has 224 valence electrons. The second kappa shape index (κ2) is 12.4. The quantitative estimate of drug-likeness (QED) is 0.153. The number of anilines is 1. The summed E-state index contributed by atoms with van der Waals surface area (Å²) >= 11 is 6.14. The minimum Gasteiger partial charge on any atom is -0.476 e. The Kier molecular flexibility index (Phi) is 9.36. The predicted octanol–water partition coefficient (Wildman–Crippen LogP) is 3.10. The van der Waals surface area contributed by atoms with Crippen molar-refractivity contribution in [1.29, 1.82) is 0 Å². The summed E-state index contributed by atoms with van der Waals surface area (Å²) in [6, 6.07) is 6.91. The second-order valence-corrected chi connectivity index (χ2v) is 11.6. The van der Waals surface area contributed by atoms with Crippen molar-refractivity contribution in [1.82, 2.24) is 24.6 Å². The summed E-state index contributed by atoms with van der Waals surface area (Å²) in [5.74, 6) is -0.652. The molecule has 1 unspecified atom stereocenters. The van der Waals surface area contributed by atoms with Gasteiger partial charge in [-0.3, -0.25) is 13.9 Å². The van der Waals surface area contributed by atoms with E-state index in [9.17, 15) is 14.5 Å². The Hall–Kier alpha value is -3.07. The van der Waals surface area contributed by atoms with Gasteiger partial charge in [0, 0.05) is 0 Å². The highest BCUT2D eigenvalue weighted by Gasteiger charge is 2.58. The number of aromatic nitrogens is 4. The van der Waals surface area contributed by atoms with Crippen molar-refractivity contribution in [3.8, 4) is 11.6 Å². The molecule has 1 aliphatic rings. The minimum absolute atomic E-state index is 0.0413. The largest absolute Gasteiger partial charge is 0.476 e. The van der Waals surface area contributed by atoms with Crippen molar-refractivity contribution >= 4 is 42.4 Å². The van der Waals surface area contributed by atoms with E-state index in [4.69, 9.17) is 40.6 Å². The molecule has 3 aromatic rings. The van der Waals surface area contributed by atoms with Gasteiger partial charge in [0.2, 0.25) is 11.8 Å². The molecule has 4 N–H and O–H groups in total. The number of para-hydroxylation sites is 1. The topological polar surface area (TPSA) is 182 Å². The number of rotatable bonds is 12. The SMILES string of the molecule is CCOc1nc(N)nc2c1ncn2[C@@H]1O[C@H](COP(=O)(N[C@@H](C)C(=O)OC(C)C)Oc2ccccc2)[C@@H](O)[C@@]1(F)Cl. The van der Waals surface area contributed by atoms with E-state index in [2.05, 4.69) is 20.0 Å². The number of imidazole rings is 1. The van der Waals surface area contributed by atoms with Crippen molar-refractivity contribution in [2.45, 2.75) is 63.4 Å². The van der Waals surface area contributed by atoms with Gasteiger partial charge in [0.1, 0.15) is 24.0 Å². The molecule has 2 aromatic heterocycles. The number of ether oxygens (including phenoxy) is 3. The number of halogens is 2. The van der Waals surface area contributed by atoms with Crippen LogP contribution in [0.15, 0.2) is 36.7 Å². The summed E-state index contributed by atoms with van der Waals surface area (Å²) in [5.41, 5.74) is 5.99. The van der Waals surface area contributed by atoms with Crippen LogP contribution < -0.4 is 20.1 Å². The molecule has 1 aromatic carbocycles. The van der Waals surface area contributed by atoms with Crippen LogP contribution in [0.25, 0.3) is 11.2 Å². The van der Waals surface area contributed by atoms with Crippen LogP contribution in [0.2, 0.25) is 0 Å². The van der Waals surface area contributed by atoms with Gasteiger partial charge in [-0.2, -0.15) is 15.1 Å². The molecule has 0 aliphatic carbocycles. The van der Waals surface area contributed by atoms with Gasteiger partial charge < -0.3 is 29.6 Å². The Labute approximate surface area is 239 Å². The third-order valence-electron chi connectivity index (χ3n) is 5.75. The fourth-order valence-electron chi connectivity index (χ4n) is 3.93. The van der Waals surface area contributed by atoms with E-state index in [1.54, 1.807) is 39.0 Å². The molecule has 41 heavy (non-hydrogen) atoms. The lowest BCUT2D eigenvalue weighted by Gasteiger charge is -2.25. The lowest BCUT2D eigenvalue weighted by molar-refractivity contribution is -0.149. The van der Waals surface area contributed by atoms with Crippen LogP contribution >= 0.6 is 19.3 Å². The number of nitrogen functional groups attached to an aromatic ring is 1. The number of alkyl halides is 2. The number of benzene rings is 1. The molecule has 3 heterocycles. The maximum absolute atomic E-state index is 15.8. The van der Waals surface area contributed by atoms with Crippen molar-refractivity contribution in [3.05, 3.63) is 36.7 Å². The zero-order valence-corrected chi connectivity index (χ0v) is 24.3. The molecule has 1 fully saturated rings. The Morgan fingerprint density at radius 1 is 1.32 bits per heavy atom. The Morgan fingerprint density at radius 2 is 2.02 bits per heavy atom. The Balaban J connectivity index is 1.56. The number of carbonyl (C=O) groups is 1. The van der Waals surface area contributed by atoms with Gasteiger partial charge in [-0.1, -0.05) is 29.8 Å². The first kappa shape index (κ1) is 30.9.